The average Bonchev–Trinajstić information content (AvgIpc) is 2.86. The van der Waals surface area contributed by atoms with Gasteiger partial charge in [0, 0.05) is 25.5 Å². The molecule has 0 radical (unpaired) electrons. The number of carbonyl (C=O) groups is 1. The Morgan fingerprint density at radius 2 is 2.04 bits per heavy atom. The molecule has 0 spiro atoms. The first kappa shape index (κ1) is 16.9. The lowest BCUT2D eigenvalue weighted by atomic mass is 9.96. The minimum absolute atomic E-state index is 0.00636. The molecular weight excluding hydrogens is 330 g/mol. The summed E-state index contributed by atoms with van der Waals surface area (Å²) >= 11 is 0. The third kappa shape index (κ3) is 3.40. The summed E-state index contributed by atoms with van der Waals surface area (Å²) in [6.07, 6.45) is 0.587. The van der Waals surface area contributed by atoms with E-state index in [1.807, 2.05) is 53.4 Å². The summed E-state index contributed by atoms with van der Waals surface area (Å²) in [4.78, 5) is 13.9. The fourth-order valence-corrected chi connectivity index (χ4v) is 3.71. The molecule has 2 aromatic carbocycles. The second-order valence-corrected chi connectivity index (χ2v) is 6.68. The maximum Gasteiger partial charge on any atom is 0.219 e. The summed E-state index contributed by atoms with van der Waals surface area (Å²) in [7, 11) is 0. The molecule has 0 aromatic heterocycles. The van der Waals surface area contributed by atoms with Crippen LogP contribution in [0.3, 0.4) is 0 Å². The van der Waals surface area contributed by atoms with Gasteiger partial charge in [-0.15, -0.1) is 0 Å². The van der Waals surface area contributed by atoms with Crippen molar-refractivity contribution in [2.45, 2.75) is 32.1 Å². The van der Waals surface area contributed by atoms with Gasteiger partial charge in [0.05, 0.1) is 19.3 Å². The molecule has 136 valence electrons. The molecule has 1 saturated heterocycles. The van der Waals surface area contributed by atoms with Gasteiger partial charge in [-0.3, -0.25) is 4.79 Å². The number of hydrogen-bond acceptors (Lipinski definition) is 4. The summed E-state index contributed by atoms with van der Waals surface area (Å²) in [6.45, 7) is 3.88. The first-order valence-corrected chi connectivity index (χ1v) is 9.04. The Labute approximate surface area is 153 Å². The van der Waals surface area contributed by atoms with Crippen molar-refractivity contribution in [3.05, 3.63) is 59.7 Å². The molecule has 5 nitrogen and oxygen atoms in total. The maximum atomic E-state index is 12.0. The zero-order valence-corrected chi connectivity index (χ0v) is 14.9. The number of ether oxygens (including phenoxy) is 3. The number of carbonyl (C=O) groups excluding carboxylic acids is 1. The third-order valence-electron chi connectivity index (χ3n) is 4.99. The Balaban J connectivity index is 1.58. The van der Waals surface area contributed by atoms with Crippen LogP contribution >= 0.6 is 0 Å². The summed E-state index contributed by atoms with van der Waals surface area (Å²) in [6, 6.07) is 15.9. The van der Waals surface area contributed by atoms with Crippen LogP contribution in [0.15, 0.2) is 48.5 Å². The zero-order valence-electron chi connectivity index (χ0n) is 14.9. The monoisotopic (exact) mass is 353 g/mol. The first-order valence-electron chi connectivity index (χ1n) is 9.04. The molecule has 1 amide bonds. The van der Waals surface area contributed by atoms with Crippen LogP contribution in [0.2, 0.25) is 0 Å². The van der Waals surface area contributed by atoms with E-state index in [0.29, 0.717) is 26.4 Å². The highest BCUT2D eigenvalue weighted by Crippen LogP contribution is 2.40. The third-order valence-corrected chi connectivity index (χ3v) is 4.99. The van der Waals surface area contributed by atoms with Crippen molar-refractivity contribution in [3.63, 3.8) is 0 Å². The van der Waals surface area contributed by atoms with Gasteiger partial charge < -0.3 is 19.1 Å². The lowest BCUT2D eigenvalue weighted by Crippen LogP contribution is -2.49. The molecule has 1 fully saturated rings. The minimum atomic E-state index is -0.176. The second-order valence-electron chi connectivity index (χ2n) is 6.68. The fraction of sp³-hybridized carbons (Fsp3) is 0.381. The molecule has 26 heavy (non-hydrogen) atoms. The average molecular weight is 353 g/mol. The summed E-state index contributed by atoms with van der Waals surface area (Å²) in [5.74, 6) is 1.68. The highest BCUT2D eigenvalue weighted by molar-refractivity contribution is 5.74. The number of amides is 1. The summed E-state index contributed by atoms with van der Waals surface area (Å²) in [5, 5.41) is 0. The Bertz CT molecular complexity index is 777. The van der Waals surface area contributed by atoms with Gasteiger partial charge in [0.1, 0.15) is 24.2 Å². The van der Waals surface area contributed by atoms with Gasteiger partial charge in [-0.05, 0) is 23.8 Å². The van der Waals surface area contributed by atoms with Crippen LogP contribution in [0.1, 0.15) is 30.6 Å². The Morgan fingerprint density at radius 3 is 2.85 bits per heavy atom. The number of morpholine rings is 1. The number of nitrogens with zero attached hydrogens (tertiary/aromatic N) is 1. The normalized spacial score (nSPS) is 21.8. The Morgan fingerprint density at radius 1 is 1.19 bits per heavy atom. The van der Waals surface area contributed by atoms with Crippen LogP contribution in [0, 0.1) is 0 Å². The maximum absolute atomic E-state index is 12.0. The van der Waals surface area contributed by atoms with E-state index < -0.39 is 0 Å². The van der Waals surface area contributed by atoms with Crippen LogP contribution < -0.4 is 9.47 Å². The van der Waals surface area contributed by atoms with Gasteiger partial charge >= 0.3 is 0 Å². The van der Waals surface area contributed by atoms with Crippen LogP contribution in [-0.2, 0) is 16.1 Å². The first-order chi connectivity index (χ1) is 12.7. The lowest BCUT2D eigenvalue weighted by molar-refractivity contribution is -0.144. The van der Waals surface area contributed by atoms with E-state index in [9.17, 15) is 4.79 Å². The van der Waals surface area contributed by atoms with Crippen molar-refractivity contribution in [1.82, 2.24) is 4.90 Å². The minimum Gasteiger partial charge on any atom is -0.493 e. The van der Waals surface area contributed by atoms with Crippen molar-refractivity contribution >= 4 is 5.91 Å². The highest BCUT2D eigenvalue weighted by Gasteiger charge is 2.38. The van der Waals surface area contributed by atoms with Gasteiger partial charge in [-0.25, -0.2) is 0 Å². The van der Waals surface area contributed by atoms with Crippen molar-refractivity contribution in [1.29, 1.82) is 0 Å². The van der Waals surface area contributed by atoms with E-state index in [-0.39, 0.29) is 18.1 Å². The SMILES string of the molecule is CC(=O)N1CCO[C@@H]2c3cc(OCc4ccccc4)ccc3OCC[C@H]21. The lowest BCUT2D eigenvalue weighted by Gasteiger charge is -2.40. The van der Waals surface area contributed by atoms with Gasteiger partial charge in [0.15, 0.2) is 0 Å². The van der Waals surface area contributed by atoms with Crippen LogP contribution in [0.25, 0.3) is 0 Å². The van der Waals surface area contributed by atoms with E-state index in [0.717, 1.165) is 29.0 Å². The van der Waals surface area contributed by atoms with Gasteiger partial charge in [0.2, 0.25) is 5.91 Å². The molecule has 0 bridgehead atoms. The topological polar surface area (TPSA) is 48.0 Å². The predicted octanol–water partition coefficient (Wildman–Crippen LogP) is 3.34. The molecule has 4 rings (SSSR count). The van der Waals surface area contributed by atoms with Crippen molar-refractivity contribution in [2.75, 3.05) is 19.8 Å². The van der Waals surface area contributed by atoms with Gasteiger partial charge in [-0.1, -0.05) is 30.3 Å². The molecule has 0 unspecified atom stereocenters. The number of fused-ring (bicyclic) bond motifs is 3. The van der Waals surface area contributed by atoms with Crippen molar-refractivity contribution in [3.8, 4) is 11.5 Å². The zero-order chi connectivity index (χ0) is 17.9. The van der Waals surface area contributed by atoms with Crippen molar-refractivity contribution < 1.29 is 19.0 Å². The van der Waals surface area contributed by atoms with E-state index in [4.69, 9.17) is 14.2 Å². The molecule has 2 atom stereocenters. The molecule has 2 heterocycles. The Hall–Kier alpha value is -2.53. The quantitative estimate of drug-likeness (QED) is 0.849. The highest BCUT2D eigenvalue weighted by atomic mass is 16.5. The number of rotatable bonds is 3. The predicted molar refractivity (Wildman–Crippen MR) is 97.2 cm³/mol. The van der Waals surface area contributed by atoms with Crippen LogP contribution in [0.5, 0.6) is 11.5 Å². The van der Waals surface area contributed by atoms with E-state index in [2.05, 4.69) is 0 Å². The molecule has 5 heteroatoms. The fourth-order valence-electron chi connectivity index (χ4n) is 3.71. The molecule has 0 saturated carbocycles. The van der Waals surface area contributed by atoms with Crippen LogP contribution in [0.4, 0.5) is 0 Å². The smallest absolute Gasteiger partial charge is 0.219 e. The molecule has 2 aliphatic rings. The van der Waals surface area contributed by atoms with E-state index in [1.165, 1.54) is 0 Å². The second kappa shape index (κ2) is 7.38. The molecule has 2 aromatic rings. The van der Waals surface area contributed by atoms with E-state index >= 15 is 0 Å². The van der Waals surface area contributed by atoms with Gasteiger partial charge in [0.25, 0.3) is 0 Å². The number of hydrogen-bond donors (Lipinski definition) is 0. The summed E-state index contributed by atoms with van der Waals surface area (Å²) in [5.41, 5.74) is 2.08. The molecular formula is C21H23NO4. The molecule has 2 aliphatic heterocycles. The largest absolute Gasteiger partial charge is 0.493 e. The Kier molecular flexibility index (Phi) is 4.80. The van der Waals surface area contributed by atoms with Gasteiger partial charge in [-0.2, -0.15) is 0 Å². The standard InChI is InChI=1S/C21H23NO4/c1-15(23)22-10-12-25-21-18-13-17(26-14-16-5-3-2-4-6-16)7-8-20(18)24-11-9-19(21)22/h2-8,13,19,21H,9-12,14H2,1H3/t19-,21-/m1/s1. The summed E-state index contributed by atoms with van der Waals surface area (Å²) < 4.78 is 17.9. The van der Waals surface area contributed by atoms with E-state index in [1.54, 1.807) is 6.92 Å². The van der Waals surface area contributed by atoms with Crippen molar-refractivity contribution in [2.24, 2.45) is 0 Å². The molecule has 0 aliphatic carbocycles. The number of benzene rings is 2. The van der Waals surface area contributed by atoms with Crippen LogP contribution in [-0.4, -0.2) is 36.6 Å². The molecule has 0 N–H and O–H groups in total.